The van der Waals surface area contributed by atoms with Crippen LogP contribution in [0.2, 0.25) is 0 Å². The molecule has 0 aliphatic heterocycles. The van der Waals surface area contributed by atoms with Crippen molar-refractivity contribution in [1.82, 2.24) is 0 Å². The van der Waals surface area contributed by atoms with Gasteiger partial charge in [-0.2, -0.15) is 0 Å². The van der Waals surface area contributed by atoms with Gasteiger partial charge in [0.25, 0.3) is 12.9 Å². The molecule has 0 spiro atoms. The van der Waals surface area contributed by atoms with Crippen molar-refractivity contribution in [1.29, 1.82) is 0 Å². The molecule has 0 heterocycles. The van der Waals surface area contributed by atoms with E-state index >= 15 is 0 Å². The molecule has 0 aromatic carbocycles. The van der Waals surface area contributed by atoms with E-state index in [4.69, 9.17) is 24.3 Å². The Morgan fingerprint density at radius 2 is 1.00 bits per heavy atom. The zero-order chi connectivity index (χ0) is 8.12. The summed E-state index contributed by atoms with van der Waals surface area (Å²) in [4.78, 5) is 16.7. The van der Waals surface area contributed by atoms with Crippen molar-refractivity contribution in [3.05, 3.63) is 0 Å². The van der Waals surface area contributed by atoms with Gasteiger partial charge in [0.05, 0.1) is 0 Å². The van der Waals surface area contributed by atoms with Gasteiger partial charge < -0.3 is 10.2 Å². The molecule has 0 aromatic heterocycles. The molecule has 6 nitrogen and oxygen atoms in total. The molecule has 0 aromatic rings. The van der Waals surface area contributed by atoms with Gasteiger partial charge in [0.1, 0.15) is 0 Å². The van der Waals surface area contributed by atoms with Crippen molar-refractivity contribution >= 4 is 12.9 Å². The van der Waals surface area contributed by atoms with Crippen LogP contribution in [0, 0.1) is 27.8 Å². The Kier molecular flexibility index (Phi) is 86.4. The molecule has 0 aliphatic carbocycles. The zero-order valence-electron chi connectivity index (χ0n) is 4.18. The van der Waals surface area contributed by atoms with Gasteiger partial charge in [-0.3, -0.25) is 9.59 Å². The van der Waals surface area contributed by atoms with Gasteiger partial charge >= 0.3 is 32.3 Å². The normalized spacial score (nSPS) is 3.56. The van der Waals surface area contributed by atoms with Crippen molar-refractivity contribution in [3.8, 4) is 0 Å². The predicted molar refractivity (Wildman–Crippen MR) is 18.8 cm³/mol. The van der Waals surface area contributed by atoms with E-state index in [-0.39, 0.29) is 12.9 Å². The van der Waals surface area contributed by atoms with Gasteiger partial charge in [-0.1, -0.05) is 0 Å². The van der Waals surface area contributed by atoms with Crippen LogP contribution in [0.4, 0.5) is 0 Å². The van der Waals surface area contributed by atoms with E-state index in [1.807, 2.05) is 0 Å². The molecule has 0 atom stereocenters. The fraction of sp³-hybridized carbons (Fsp3) is 0. The SMILES string of the molecule is O=CO.O=CO.[O]=[U]=[O]. The van der Waals surface area contributed by atoms with Gasteiger partial charge in [0.2, 0.25) is 0 Å². The maximum absolute atomic E-state index is 8.58. The predicted octanol–water partition coefficient (Wildman–Crippen LogP) is -0.836. The molecule has 2 N–H and O–H groups in total. The van der Waals surface area contributed by atoms with Crippen LogP contribution in [0.1, 0.15) is 0 Å². The second-order valence-electron chi connectivity index (χ2n) is 0.294. The summed E-state index contributed by atoms with van der Waals surface area (Å²) in [5.74, 6) is 0. The first-order valence-electron chi connectivity index (χ1n) is 1.40. The summed E-state index contributed by atoms with van der Waals surface area (Å²) in [5.41, 5.74) is 0. The molecular weight excluding hydrogens is 358 g/mol. The summed E-state index contributed by atoms with van der Waals surface area (Å²) in [6, 6.07) is 0. The van der Waals surface area contributed by atoms with Gasteiger partial charge in [0.15, 0.2) is 0 Å². The Bertz CT molecular complexity index is 77.1. The van der Waals surface area contributed by atoms with E-state index in [9.17, 15) is 0 Å². The van der Waals surface area contributed by atoms with Gasteiger partial charge in [-0.15, -0.1) is 0 Å². The fourth-order valence-corrected chi connectivity index (χ4v) is 0. The molecule has 7 heteroatoms. The summed E-state index contributed by atoms with van der Waals surface area (Å²) < 4.78 is 17.2. The monoisotopic (exact) mass is 362 g/mol. The molecule has 0 fully saturated rings. The van der Waals surface area contributed by atoms with Gasteiger partial charge in [-0.05, 0) is 0 Å². The van der Waals surface area contributed by atoms with Crippen molar-refractivity contribution in [2.24, 2.45) is 0 Å². The minimum absolute atomic E-state index is 0.250. The van der Waals surface area contributed by atoms with Crippen molar-refractivity contribution in [2.75, 3.05) is 0 Å². The zero-order valence-corrected chi connectivity index (χ0v) is 8.35. The molecule has 0 unspecified atom stereocenters. The number of carboxylic acid groups (broad SMARTS) is 2. The fourth-order valence-electron chi connectivity index (χ4n) is 0. The molecule has 0 radical (unpaired) electrons. The molecule has 9 heavy (non-hydrogen) atoms. The second-order valence-corrected chi connectivity index (χ2v) is 0.988. The third kappa shape index (κ3) is 1430. The van der Waals surface area contributed by atoms with Crippen molar-refractivity contribution in [3.63, 3.8) is 0 Å². The number of rotatable bonds is 0. The number of carbonyl (C=O) groups is 2. The van der Waals surface area contributed by atoms with E-state index < -0.39 is 27.8 Å². The third-order valence-corrected chi connectivity index (χ3v) is 0. The molecule has 0 bridgehead atoms. The second kappa shape index (κ2) is 49.1. The van der Waals surface area contributed by atoms with Crippen LogP contribution in [0.3, 0.4) is 0 Å². The van der Waals surface area contributed by atoms with E-state index in [1.54, 1.807) is 0 Å². The molecule has 0 saturated heterocycles. The summed E-state index contributed by atoms with van der Waals surface area (Å²) in [7, 11) is 0. The maximum atomic E-state index is 8.58. The van der Waals surface area contributed by atoms with Gasteiger partial charge in [-0.25, -0.2) is 0 Å². The van der Waals surface area contributed by atoms with Crippen LogP contribution in [-0.4, -0.2) is 23.2 Å². The Morgan fingerprint density at radius 3 is 1.00 bits per heavy atom. The molecule has 0 aliphatic rings. The van der Waals surface area contributed by atoms with Gasteiger partial charge in [0, 0.05) is 0 Å². The van der Waals surface area contributed by atoms with E-state index in [2.05, 4.69) is 0 Å². The summed E-state index contributed by atoms with van der Waals surface area (Å²) in [6.07, 6.45) is 0. The van der Waals surface area contributed by atoms with Crippen molar-refractivity contribution < 1.29 is 52.1 Å². The summed E-state index contributed by atoms with van der Waals surface area (Å²) >= 11 is -2.51. The average Bonchev–Trinajstić information content (AvgIpc) is 1.70. The first kappa shape index (κ1) is 15.8. The van der Waals surface area contributed by atoms with Crippen LogP contribution in [0.25, 0.3) is 0 Å². The van der Waals surface area contributed by atoms with E-state index in [1.165, 1.54) is 0 Å². The Balaban J connectivity index is -0.0000000600. The molecular formula is C2H4O6U. The minimum atomic E-state index is -2.51. The van der Waals surface area contributed by atoms with Crippen LogP contribution in [-0.2, 0) is 14.1 Å². The van der Waals surface area contributed by atoms with Crippen LogP contribution in [0.15, 0.2) is 0 Å². The molecule has 52 valence electrons. The van der Waals surface area contributed by atoms with Crippen LogP contribution < -0.4 is 0 Å². The number of hydrogen-bond donors (Lipinski definition) is 2. The van der Waals surface area contributed by atoms with Crippen molar-refractivity contribution in [2.45, 2.75) is 0 Å². The molecule has 0 saturated carbocycles. The van der Waals surface area contributed by atoms with E-state index in [0.717, 1.165) is 0 Å². The molecule has 0 rings (SSSR count). The first-order valence-corrected chi connectivity index (χ1v) is 4.80. The topological polar surface area (TPSA) is 109 Å². The van der Waals surface area contributed by atoms with E-state index in [0.29, 0.717) is 0 Å². The summed E-state index contributed by atoms with van der Waals surface area (Å²) in [5, 5.41) is 13.8. The third-order valence-electron chi connectivity index (χ3n) is 0. The Hall–Kier alpha value is -0.408. The van der Waals surface area contributed by atoms with Crippen LogP contribution >= 0.6 is 0 Å². The first-order chi connectivity index (χ1) is 4.24. The van der Waals surface area contributed by atoms with Crippen LogP contribution in [0.5, 0.6) is 0 Å². The average molecular weight is 362 g/mol. The Labute approximate surface area is 65.1 Å². The molecule has 0 amide bonds. The quantitative estimate of drug-likeness (QED) is 0.545. The Morgan fingerprint density at radius 1 is 1.00 bits per heavy atom. The summed E-state index contributed by atoms with van der Waals surface area (Å²) in [6.45, 7) is -0.500. The number of hydrogen-bond acceptors (Lipinski definition) is 4. The standard InChI is InChI=1S/2CH2O2.2O.U/c2*2-1-3;;;/h2*1H,(H,2,3);;;.